The van der Waals surface area contributed by atoms with E-state index in [4.69, 9.17) is 18.9 Å². The zero-order valence-electron chi connectivity index (χ0n) is 28.4. The molecule has 0 bridgehead atoms. The van der Waals surface area contributed by atoms with E-state index in [-0.39, 0.29) is 17.9 Å². The van der Waals surface area contributed by atoms with Crippen LogP contribution < -0.4 is 14.8 Å². The van der Waals surface area contributed by atoms with Crippen molar-refractivity contribution in [3.8, 4) is 11.5 Å². The molecule has 2 aromatic heterocycles. The summed E-state index contributed by atoms with van der Waals surface area (Å²) in [6, 6.07) is 35.2. The predicted molar refractivity (Wildman–Crippen MR) is 189 cm³/mol. The van der Waals surface area contributed by atoms with E-state index < -0.39 is 17.8 Å². The van der Waals surface area contributed by atoms with Gasteiger partial charge in [-0.1, -0.05) is 86.6 Å². The second kappa shape index (κ2) is 14.1. The molecule has 1 aliphatic heterocycles. The number of amides is 1. The van der Waals surface area contributed by atoms with Crippen LogP contribution in [0.4, 0.5) is 5.82 Å². The molecular weight excluding hydrogens is 630 g/mol. The number of benzene rings is 4. The van der Waals surface area contributed by atoms with Crippen LogP contribution in [-0.2, 0) is 15.1 Å². The molecule has 1 amide bonds. The monoisotopic (exact) mass is 669 g/mol. The fourth-order valence-electron chi connectivity index (χ4n) is 6.87. The normalized spacial score (nSPS) is 19.0. The summed E-state index contributed by atoms with van der Waals surface area (Å²) in [6.07, 6.45) is 2.81. The highest BCUT2D eigenvalue weighted by Crippen LogP contribution is 2.49. The van der Waals surface area contributed by atoms with Crippen molar-refractivity contribution in [3.63, 3.8) is 0 Å². The lowest BCUT2D eigenvalue weighted by atomic mass is 9.79. The number of hydrogen-bond donors (Lipinski definition) is 1. The van der Waals surface area contributed by atoms with Crippen molar-refractivity contribution in [2.45, 2.75) is 44.2 Å². The van der Waals surface area contributed by atoms with Gasteiger partial charge < -0.3 is 24.3 Å². The molecule has 4 aromatic carbocycles. The molecule has 50 heavy (non-hydrogen) atoms. The third-order valence-electron chi connectivity index (χ3n) is 9.50. The summed E-state index contributed by atoms with van der Waals surface area (Å²) in [7, 11) is 3.31. The van der Waals surface area contributed by atoms with Crippen molar-refractivity contribution in [3.05, 3.63) is 150 Å². The van der Waals surface area contributed by atoms with E-state index in [1.165, 1.54) is 6.33 Å². The maximum atomic E-state index is 13.1. The summed E-state index contributed by atoms with van der Waals surface area (Å²) in [5.41, 5.74) is 3.34. The summed E-state index contributed by atoms with van der Waals surface area (Å²) < 4.78 is 27.2. The van der Waals surface area contributed by atoms with E-state index in [1.54, 1.807) is 37.1 Å². The highest BCUT2D eigenvalue weighted by atomic mass is 16.6. The number of aromatic nitrogens is 4. The van der Waals surface area contributed by atoms with Crippen LogP contribution in [0.25, 0.3) is 5.65 Å². The number of carbonyl (C=O) groups is 1. The summed E-state index contributed by atoms with van der Waals surface area (Å²) in [5, 5.41) is 7.47. The number of fused-ring (bicyclic) bond motifs is 1. The quantitative estimate of drug-likeness (QED) is 0.144. The highest BCUT2D eigenvalue weighted by molar-refractivity contribution is 6.05. The van der Waals surface area contributed by atoms with Crippen LogP contribution in [0.1, 0.15) is 59.1 Å². The molecule has 1 N–H and O–H groups in total. The van der Waals surface area contributed by atoms with E-state index in [0.717, 1.165) is 34.6 Å². The molecule has 254 valence electrons. The van der Waals surface area contributed by atoms with Crippen molar-refractivity contribution in [2.75, 3.05) is 19.5 Å². The van der Waals surface area contributed by atoms with Crippen molar-refractivity contribution in [1.82, 2.24) is 19.6 Å². The molecule has 1 aliphatic rings. The first kappa shape index (κ1) is 32.9. The van der Waals surface area contributed by atoms with E-state index in [9.17, 15) is 4.79 Å². The Bertz CT molecular complexity index is 2000. The number of carbonyl (C=O) groups excluding carboxylic acids is 1. The molecule has 0 saturated carbocycles. The molecule has 1 saturated heterocycles. The molecule has 0 aliphatic carbocycles. The molecule has 0 radical (unpaired) electrons. The van der Waals surface area contributed by atoms with Crippen molar-refractivity contribution in [2.24, 2.45) is 5.92 Å². The lowest BCUT2D eigenvalue weighted by Gasteiger charge is -2.40. The molecule has 10 nitrogen and oxygen atoms in total. The third kappa shape index (κ3) is 5.97. The van der Waals surface area contributed by atoms with E-state index in [1.807, 2.05) is 84.9 Å². The van der Waals surface area contributed by atoms with Gasteiger partial charge in [-0.2, -0.15) is 5.10 Å². The van der Waals surface area contributed by atoms with Crippen molar-refractivity contribution < 1.29 is 23.7 Å². The maximum Gasteiger partial charge on any atom is 0.256 e. The number of nitrogens with zero attached hydrogens (tertiary/aromatic N) is 4. The van der Waals surface area contributed by atoms with Crippen molar-refractivity contribution >= 4 is 17.4 Å². The maximum absolute atomic E-state index is 13.1. The van der Waals surface area contributed by atoms with Gasteiger partial charge in [-0.3, -0.25) is 4.79 Å². The van der Waals surface area contributed by atoms with Gasteiger partial charge in [-0.15, -0.1) is 0 Å². The predicted octanol–water partition coefficient (Wildman–Crippen LogP) is 7.26. The number of methoxy groups -OCH3 is 2. The number of hydrogen-bond acceptors (Lipinski definition) is 8. The van der Waals surface area contributed by atoms with Gasteiger partial charge >= 0.3 is 0 Å². The Balaban J connectivity index is 1.35. The summed E-state index contributed by atoms with van der Waals surface area (Å²) in [4.78, 5) is 22.1. The minimum atomic E-state index is -1.06. The minimum absolute atomic E-state index is 0.0192. The van der Waals surface area contributed by atoms with Crippen LogP contribution in [0.3, 0.4) is 0 Å². The number of rotatable bonds is 11. The fraction of sp³-hybridized carbons (Fsp3) is 0.250. The highest BCUT2D eigenvalue weighted by Gasteiger charge is 2.50. The van der Waals surface area contributed by atoms with E-state index in [2.05, 4.69) is 46.4 Å². The van der Waals surface area contributed by atoms with Gasteiger partial charge in [0.25, 0.3) is 5.91 Å². The second-order valence-electron chi connectivity index (χ2n) is 12.3. The Morgan fingerprint density at radius 1 is 0.820 bits per heavy atom. The molecular formula is C40H39N5O5. The summed E-state index contributed by atoms with van der Waals surface area (Å²) in [5.74, 6) is 1.47. The Morgan fingerprint density at radius 2 is 1.40 bits per heavy atom. The smallest absolute Gasteiger partial charge is 0.256 e. The summed E-state index contributed by atoms with van der Waals surface area (Å²) in [6.45, 7) is 4.28. The number of imidazole rings is 1. The van der Waals surface area contributed by atoms with Crippen LogP contribution in [0, 0.1) is 5.92 Å². The molecule has 10 heteroatoms. The van der Waals surface area contributed by atoms with Gasteiger partial charge in [0.1, 0.15) is 29.5 Å². The van der Waals surface area contributed by atoms with Crippen LogP contribution in [-0.4, -0.2) is 51.9 Å². The van der Waals surface area contributed by atoms with Crippen molar-refractivity contribution in [1.29, 1.82) is 0 Å². The average Bonchev–Trinajstić information content (AvgIpc) is 3.75. The largest absolute Gasteiger partial charge is 0.497 e. The minimum Gasteiger partial charge on any atom is -0.497 e. The average molecular weight is 670 g/mol. The molecule has 0 spiro atoms. The van der Waals surface area contributed by atoms with Gasteiger partial charge in [-0.25, -0.2) is 14.5 Å². The van der Waals surface area contributed by atoms with E-state index >= 15 is 0 Å². The van der Waals surface area contributed by atoms with E-state index in [0.29, 0.717) is 22.7 Å². The number of anilines is 1. The first-order valence-corrected chi connectivity index (χ1v) is 16.7. The molecule has 3 heterocycles. The van der Waals surface area contributed by atoms with Gasteiger partial charge in [0.05, 0.1) is 38.3 Å². The second-order valence-corrected chi connectivity index (χ2v) is 12.3. The molecule has 0 unspecified atom stereocenters. The Kier molecular flexibility index (Phi) is 9.29. The Morgan fingerprint density at radius 3 is 1.98 bits per heavy atom. The van der Waals surface area contributed by atoms with Gasteiger partial charge in [-0.05, 0) is 59.5 Å². The topological polar surface area (TPSA) is 109 Å². The molecule has 1 fully saturated rings. The Labute approximate surface area is 291 Å². The van der Waals surface area contributed by atoms with Gasteiger partial charge in [0, 0.05) is 11.5 Å². The first-order chi connectivity index (χ1) is 24.5. The SMILES string of the molecule is CC[C@H]1O[C@@H](c2cnc3c(NC(=O)c4ccccc4)ncnn23)[C@H](OC(c2ccccc2)(c2ccc(OC)cc2)c2ccc(OC)cc2)[C@@H]1C. The van der Waals surface area contributed by atoms with Crippen LogP contribution in [0.15, 0.2) is 122 Å². The summed E-state index contributed by atoms with van der Waals surface area (Å²) >= 11 is 0. The lowest BCUT2D eigenvalue weighted by Crippen LogP contribution is -2.40. The Hall–Kier alpha value is -5.58. The zero-order chi connectivity index (χ0) is 34.7. The van der Waals surface area contributed by atoms with Crippen LogP contribution >= 0.6 is 0 Å². The number of ether oxygens (including phenoxy) is 4. The third-order valence-corrected chi connectivity index (χ3v) is 9.50. The van der Waals surface area contributed by atoms with Crippen LogP contribution in [0.2, 0.25) is 0 Å². The van der Waals surface area contributed by atoms with Gasteiger partial charge in [0.2, 0.25) is 0 Å². The fourth-order valence-corrected chi connectivity index (χ4v) is 6.87. The lowest BCUT2D eigenvalue weighted by molar-refractivity contribution is -0.0916. The zero-order valence-corrected chi connectivity index (χ0v) is 28.4. The van der Waals surface area contributed by atoms with Gasteiger partial charge in [0.15, 0.2) is 11.5 Å². The molecule has 7 rings (SSSR count). The number of nitrogens with one attached hydrogen (secondary N) is 1. The first-order valence-electron chi connectivity index (χ1n) is 16.7. The van der Waals surface area contributed by atoms with Crippen LogP contribution in [0.5, 0.6) is 11.5 Å². The standard InChI is InChI=1S/C40H39N5O5/c1-5-34-26(2)35(36(49-34)33-24-41-38-37(42-25-43-45(33)38)44-39(46)27-12-8-6-9-13-27)50-40(28-14-10-7-11-15-28,29-16-20-31(47-3)21-17-29)30-18-22-32(48-4)23-19-30/h6-26,34-36H,5H2,1-4H3,(H,42,43,44,46)/t26-,34-,35-,36+/m1/s1. The molecule has 6 aromatic rings. The molecule has 4 atom stereocenters.